The van der Waals surface area contributed by atoms with Crippen LogP contribution >= 0.6 is 0 Å². The lowest BCUT2D eigenvalue weighted by molar-refractivity contribution is -0.126. The number of nitrogens with one attached hydrogen (secondary N) is 3. The molecule has 14 heavy (non-hydrogen) atoms. The van der Waals surface area contributed by atoms with E-state index in [1.165, 1.54) is 0 Å². The van der Waals surface area contributed by atoms with Gasteiger partial charge in [0.1, 0.15) is 0 Å². The fourth-order valence-corrected chi connectivity index (χ4v) is 0.893. The number of rotatable bonds is 4. The number of carbonyl (C=O) groups excluding carboxylic acids is 1. The molecule has 5 heteroatoms. The number of nitrogens with zero attached hydrogens (tertiary/aromatic N) is 1. The molecule has 0 unspecified atom stereocenters. The van der Waals surface area contributed by atoms with Gasteiger partial charge in [0.25, 0.3) is 0 Å². The molecule has 1 amide bonds. The summed E-state index contributed by atoms with van der Waals surface area (Å²) in [5, 5.41) is 12.3. The normalized spacial score (nSPS) is 11.4. The Hall–Kier alpha value is -1.36. The molecule has 5 nitrogen and oxygen atoms in total. The zero-order chi connectivity index (χ0) is 10.6. The first-order chi connectivity index (χ1) is 6.56. The Bertz CT molecular complexity index is 292. The van der Waals surface area contributed by atoms with E-state index in [-0.39, 0.29) is 5.91 Å². The third-order valence-corrected chi connectivity index (χ3v) is 2.19. The Balaban J connectivity index is 2.43. The highest BCUT2D eigenvalue weighted by Crippen LogP contribution is 2.01. The average Bonchev–Trinajstić information content (AvgIpc) is 2.66. The van der Waals surface area contributed by atoms with E-state index in [9.17, 15) is 4.79 Å². The second-order valence-corrected chi connectivity index (χ2v) is 3.64. The van der Waals surface area contributed by atoms with Crippen molar-refractivity contribution in [2.24, 2.45) is 0 Å². The molecule has 1 aromatic rings. The molecule has 0 saturated heterocycles. The van der Waals surface area contributed by atoms with Gasteiger partial charge in [0.15, 0.2) is 0 Å². The van der Waals surface area contributed by atoms with Crippen LogP contribution in [-0.4, -0.2) is 28.7 Å². The van der Waals surface area contributed by atoms with Gasteiger partial charge in [-0.3, -0.25) is 9.89 Å². The molecule has 0 aliphatic carbocycles. The van der Waals surface area contributed by atoms with E-state index < -0.39 is 5.54 Å². The first-order valence-electron chi connectivity index (χ1n) is 4.52. The molecule has 1 rings (SSSR count). The monoisotopic (exact) mass is 196 g/mol. The van der Waals surface area contributed by atoms with Crippen LogP contribution in [0.25, 0.3) is 0 Å². The summed E-state index contributed by atoms with van der Waals surface area (Å²) in [5.41, 5.74) is 0.352. The molecule has 78 valence electrons. The number of aromatic nitrogens is 2. The van der Waals surface area contributed by atoms with Gasteiger partial charge in [0.2, 0.25) is 5.91 Å². The van der Waals surface area contributed by atoms with E-state index in [1.807, 2.05) is 19.9 Å². The largest absolute Gasteiger partial charge is 0.349 e. The molecule has 0 aromatic carbocycles. The summed E-state index contributed by atoms with van der Waals surface area (Å²) >= 11 is 0. The summed E-state index contributed by atoms with van der Waals surface area (Å²) in [6.07, 6.45) is 1.66. The first kappa shape index (κ1) is 10.7. The number of H-pyrrole nitrogens is 1. The fraction of sp³-hybridized carbons (Fsp3) is 0.556. The van der Waals surface area contributed by atoms with Gasteiger partial charge in [0, 0.05) is 6.20 Å². The van der Waals surface area contributed by atoms with Crippen LogP contribution in [0.3, 0.4) is 0 Å². The van der Waals surface area contributed by atoms with Crippen molar-refractivity contribution in [2.45, 2.75) is 25.9 Å². The zero-order valence-corrected chi connectivity index (χ0v) is 8.72. The van der Waals surface area contributed by atoms with Gasteiger partial charge in [0.05, 0.1) is 17.8 Å². The molecule has 0 aliphatic heterocycles. The number of hydrogen-bond acceptors (Lipinski definition) is 3. The third kappa shape index (κ3) is 2.56. The number of carbonyl (C=O) groups is 1. The van der Waals surface area contributed by atoms with Gasteiger partial charge in [-0.25, -0.2) is 0 Å². The number of hydrogen-bond donors (Lipinski definition) is 3. The Morgan fingerprint density at radius 1 is 1.64 bits per heavy atom. The fourth-order valence-electron chi connectivity index (χ4n) is 0.893. The first-order valence-corrected chi connectivity index (χ1v) is 4.52. The van der Waals surface area contributed by atoms with Crippen LogP contribution < -0.4 is 10.6 Å². The van der Waals surface area contributed by atoms with Crippen LogP contribution in [0.1, 0.15) is 19.5 Å². The van der Waals surface area contributed by atoms with E-state index in [0.29, 0.717) is 6.54 Å². The summed E-state index contributed by atoms with van der Waals surface area (Å²) in [4.78, 5) is 11.6. The van der Waals surface area contributed by atoms with Crippen molar-refractivity contribution in [1.29, 1.82) is 0 Å². The van der Waals surface area contributed by atoms with Gasteiger partial charge < -0.3 is 10.6 Å². The van der Waals surface area contributed by atoms with E-state index in [2.05, 4.69) is 20.8 Å². The lowest BCUT2D eigenvalue weighted by Crippen LogP contribution is -2.50. The van der Waals surface area contributed by atoms with Gasteiger partial charge >= 0.3 is 0 Å². The van der Waals surface area contributed by atoms with Crippen LogP contribution in [0.5, 0.6) is 0 Å². The van der Waals surface area contributed by atoms with Gasteiger partial charge in [-0.15, -0.1) is 0 Å². The van der Waals surface area contributed by atoms with Crippen LogP contribution in [0.2, 0.25) is 0 Å². The smallest absolute Gasteiger partial charge is 0.240 e. The second-order valence-electron chi connectivity index (χ2n) is 3.64. The molecular formula is C9H16N4O. The summed E-state index contributed by atoms with van der Waals surface area (Å²) < 4.78 is 0. The van der Waals surface area contributed by atoms with Crippen LogP contribution in [0, 0.1) is 0 Å². The minimum atomic E-state index is -0.542. The Labute approximate surface area is 83.3 Å². The van der Waals surface area contributed by atoms with Crippen molar-refractivity contribution in [2.75, 3.05) is 7.05 Å². The van der Waals surface area contributed by atoms with Crippen molar-refractivity contribution >= 4 is 5.91 Å². The van der Waals surface area contributed by atoms with E-state index >= 15 is 0 Å². The summed E-state index contributed by atoms with van der Waals surface area (Å²) in [6.45, 7) is 4.13. The van der Waals surface area contributed by atoms with Crippen LogP contribution in [0.15, 0.2) is 12.3 Å². The van der Waals surface area contributed by atoms with Crippen LogP contribution in [-0.2, 0) is 11.3 Å². The standard InChI is InChI=1S/C9H16N4O/c1-9(2,10-3)8(14)11-6-7-4-5-12-13-7/h4-5,10H,6H2,1-3H3,(H,11,14)(H,12,13). The second kappa shape index (κ2) is 4.23. The SMILES string of the molecule is CNC(C)(C)C(=O)NCc1ccn[nH]1. The predicted octanol–water partition coefficient (Wildman–Crippen LogP) is 0.0239. The molecule has 0 atom stereocenters. The molecule has 1 heterocycles. The Kier molecular flexibility index (Phi) is 3.24. The predicted molar refractivity (Wildman–Crippen MR) is 53.6 cm³/mol. The summed E-state index contributed by atoms with van der Waals surface area (Å²) in [7, 11) is 1.76. The highest BCUT2D eigenvalue weighted by atomic mass is 16.2. The molecule has 0 aliphatic rings. The Morgan fingerprint density at radius 2 is 2.36 bits per heavy atom. The maximum absolute atomic E-state index is 11.6. The van der Waals surface area contributed by atoms with E-state index in [1.54, 1.807) is 13.2 Å². The van der Waals surface area contributed by atoms with Crippen molar-refractivity contribution in [3.05, 3.63) is 18.0 Å². The summed E-state index contributed by atoms with van der Waals surface area (Å²) in [6, 6.07) is 1.83. The lowest BCUT2D eigenvalue weighted by Gasteiger charge is -2.22. The molecular weight excluding hydrogens is 180 g/mol. The van der Waals surface area contributed by atoms with Crippen molar-refractivity contribution in [3.8, 4) is 0 Å². The third-order valence-electron chi connectivity index (χ3n) is 2.19. The number of likely N-dealkylation sites (N-methyl/N-ethyl adjacent to an activating group) is 1. The van der Waals surface area contributed by atoms with Crippen LogP contribution in [0.4, 0.5) is 0 Å². The van der Waals surface area contributed by atoms with Gasteiger partial charge in [-0.1, -0.05) is 0 Å². The minimum Gasteiger partial charge on any atom is -0.349 e. The molecule has 0 saturated carbocycles. The van der Waals surface area contributed by atoms with E-state index in [0.717, 1.165) is 5.69 Å². The highest BCUT2D eigenvalue weighted by molar-refractivity contribution is 5.85. The number of aromatic amines is 1. The maximum atomic E-state index is 11.6. The molecule has 0 fully saturated rings. The average molecular weight is 196 g/mol. The van der Waals surface area contributed by atoms with Gasteiger partial charge in [-0.05, 0) is 27.0 Å². The Morgan fingerprint density at radius 3 is 2.86 bits per heavy atom. The number of amides is 1. The topological polar surface area (TPSA) is 69.8 Å². The molecule has 0 bridgehead atoms. The maximum Gasteiger partial charge on any atom is 0.240 e. The lowest BCUT2D eigenvalue weighted by atomic mass is 10.1. The molecule has 0 radical (unpaired) electrons. The minimum absolute atomic E-state index is 0.0328. The van der Waals surface area contributed by atoms with Crippen molar-refractivity contribution in [3.63, 3.8) is 0 Å². The molecule has 3 N–H and O–H groups in total. The van der Waals surface area contributed by atoms with Crippen molar-refractivity contribution in [1.82, 2.24) is 20.8 Å². The summed E-state index contributed by atoms with van der Waals surface area (Å²) in [5.74, 6) is -0.0328. The zero-order valence-electron chi connectivity index (χ0n) is 8.72. The molecule has 0 spiro atoms. The van der Waals surface area contributed by atoms with Gasteiger partial charge in [-0.2, -0.15) is 5.10 Å². The van der Waals surface area contributed by atoms with E-state index in [4.69, 9.17) is 0 Å². The van der Waals surface area contributed by atoms with Crippen molar-refractivity contribution < 1.29 is 4.79 Å². The quantitative estimate of drug-likeness (QED) is 0.636. The highest BCUT2D eigenvalue weighted by Gasteiger charge is 2.24. The molecule has 1 aromatic heterocycles.